The highest BCUT2D eigenvalue weighted by Gasteiger charge is 2.14. The molecule has 2 aromatic carbocycles. The van der Waals surface area contributed by atoms with E-state index in [1.54, 1.807) is 18.2 Å². The maximum absolute atomic E-state index is 13.9. The van der Waals surface area contributed by atoms with Crippen molar-refractivity contribution in [2.24, 2.45) is 0 Å². The molecule has 0 radical (unpaired) electrons. The summed E-state index contributed by atoms with van der Waals surface area (Å²) >= 11 is 9.24. The molecule has 0 unspecified atom stereocenters. The van der Waals surface area contributed by atoms with Crippen molar-refractivity contribution in [3.63, 3.8) is 0 Å². The fourth-order valence-electron chi connectivity index (χ4n) is 1.60. The Balaban J connectivity index is 2.19. The highest BCUT2D eigenvalue weighted by atomic mass is 79.9. The van der Waals surface area contributed by atoms with Crippen LogP contribution < -0.4 is 4.74 Å². The maximum Gasteiger partial charge on any atom is 0.338 e. The molecule has 1 N–H and O–H groups in total. The summed E-state index contributed by atoms with van der Waals surface area (Å²) in [6.07, 6.45) is 0. The van der Waals surface area contributed by atoms with Crippen LogP contribution in [0.1, 0.15) is 15.9 Å². The second kappa shape index (κ2) is 6.24. The van der Waals surface area contributed by atoms with Crippen molar-refractivity contribution in [2.45, 2.75) is 6.61 Å². The van der Waals surface area contributed by atoms with Crippen LogP contribution >= 0.6 is 27.5 Å². The van der Waals surface area contributed by atoms with Crippen molar-refractivity contribution in [3.05, 3.63) is 62.8 Å². The summed E-state index contributed by atoms with van der Waals surface area (Å²) < 4.78 is 20.1. The van der Waals surface area contributed by atoms with Crippen LogP contribution in [0.15, 0.2) is 40.9 Å². The third kappa shape index (κ3) is 3.29. The molecule has 0 spiro atoms. The summed E-state index contributed by atoms with van der Waals surface area (Å²) in [6, 6.07) is 9.17. The Kier molecular flexibility index (Phi) is 4.62. The second-order valence-electron chi connectivity index (χ2n) is 3.95. The Bertz CT molecular complexity index is 661. The fourth-order valence-corrected chi connectivity index (χ4v) is 2.33. The Labute approximate surface area is 128 Å². The lowest BCUT2D eigenvalue weighted by atomic mass is 10.1. The molecular weight excluding hydrogens is 351 g/mol. The second-order valence-corrected chi connectivity index (χ2v) is 5.27. The number of carbonyl (C=O) groups is 1. The average molecular weight is 360 g/mol. The van der Waals surface area contributed by atoms with Gasteiger partial charge in [0, 0.05) is 10.0 Å². The first kappa shape index (κ1) is 14.8. The molecule has 0 saturated heterocycles. The van der Waals surface area contributed by atoms with Crippen LogP contribution in [0.5, 0.6) is 5.75 Å². The molecule has 20 heavy (non-hydrogen) atoms. The number of rotatable bonds is 4. The van der Waals surface area contributed by atoms with Crippen molar-refractivity contribution in [3.8, 4) is 5.75 Å². The predicted molar refractivity (Wildman–Crippen MR) is 76.8 cm³/mol. The molecule has 0 atom stereocenters. The summed E-state index contributed by atoms with van der Waals surface area (Å²) in [6.45, 7) is -0.103. The molecule has 3 nitrogen and oxygen atoms in total. The molecule has 0 bridgehead atoms. The van der Waals surface area contributed by atoms with E-state index >= 15 is 0 Å². The topological polar surface area (TPSA) is 46.5 Å². The van der Waals surface area contributed by atoms with Crippen LogP contribution in [0.25, 0.3) is 0 Å². The molecule has 6 heteroatoms. The van der Waals surface area contributed by atoms with E-state index in [0.717, 1.165) is 4.47 Å². The molecule has 0 aliphatic rings. The fraction of sp³-hybridized carbons (Fsp3) is 0.0714. The number of carboxylic acid groups (broad SMARTS) is 1. The predicted octanol–water partition coefficient (Wildman–Crippen LogP) is 4.52. The van der Waals surface area contributed by atoms with Crippen LogP contribution in [0.4, 0.5) is 4.39 Å². The quantitative estimate of drug-likeness (QED) is 0.873. The van der Waals surface area contributed by atoms with E-state index < -0.39 is 11.8 Å². The third-order valence-electron chi connectivity index (χ3n) is 2.59. The number of aromatic carboxylic acids is 1. The van der Waals surface area contributed by atoms with Gasteiger partial charge >= 0.3 is 5.97 Å². The lowest BCUT2D eigenvalue weighted by Crippen LogP contribution is -2.06. The minimum absolute atomic E-state index is 0.103. The zero-order chi connectivity index (χ0) is 14.7. The molecule has 0 fully saturated rings. The lowest BCUT2D eigenvalue weighted by Gasteiger charge is -2.10. The first-order valence-electron chi connectivity index (χ1n) is 5.57. The summed E-state index contributed by atoms with van der Waals surface area (Å²) in [5.74, 6) is -1.71. The third-order valence-corrected chi connectivity index (χ3v) is 3.37. The van der Waals surface area contributed by atoms with Gasteiger partial charge in [0.05, 0.1) is 10.6 Å². The Morgan fingerprint density at radius 2 is 2.10 bits per heavy atom. The first-order chi connectivity index (χ1) is 9.49. The molecule has 104 valence electrons. The maximum atomic E-state index is 13.9. The molecule has 0 aliphatic heterocycles. The van der Waals surface area contributed by atoms with Crippen molar-refractivity contribution >= 4 is 33.5 Å². The smallest absolute Gasteiger partial charge is 0.338 e. The van der Waals surface area contributed by atoms with Gasteiger partial charge in [-0.25, -0.2) is 9.18 Å². The molecule has 2 rings (SSSR count). The number of carboxylic acids is 1. The summed E-state index contributed by atoms with van der Waals surface area (Å²) in [5, 5.41) is 9.23. The van der Waals surface area contributed by atoms with Gasteiger partial charge in [0.15, 0.2) is 0 Å². The van der Waals surface area contributed by atoms with Crippen LogP contribution in [-0.2, 0) is 6.61 Å². The van der Waals surface area contributed by atoms with Crippen LogP contribution in [0.2, 0.25) is 5.02 Å². The van der Waals surface area contributed by atoms with E-state index in [9.17, 15) is 9.18 Å². The summed E-state index contributed by atoms with van der Waals surface area (Å²) in [7, 11) is 0. The number of hydrogen-bond donors (Lipinski definition) is 1. The van der Waals surface area contributed by atoms with E-state index in [0.29, 0.717) is 10.8 Å². The molecule has 0 amide bonds. The van der Waals surface area contributed by atoms with E-state index in [4.69, 9.17) is 21.4 Å². The van der Waals surface area contributed by atoms with Gasteiger partial charge in [-0.15, -0.1) is 0 Å². The van der Waals surface area contributed by atoms with Crippen molar-refractivity contribution in [1.29, 1.82) is 0 Å². The van der Waals surface area contributed by atoms with Gasteiger partial charge in [-0.2, -0.15) is 0 Å². The molecule has 0 aromatic heterocycles. The van der Waals surface area contributed by atoms with Crippen molar-refractivity contribution in [2.75, 3.05) is 0 Å². The standard InChI is InChI=1S/C14H9BrClFO3/c15-9-4-5-12(11(16)6-9)20-7-8-2-1-3-10(13(8)17)14(18)19/h1-6H,7H2,(H,18,19). The van der Waals surface area contributed by atoms with Crippen LogP contribution in [0.3, 0.4) is 0 Å². The average Bonchev–Trinajstić information content (AvgIpc) is 2.39. The highest BCUT2D eigenvalue weighted by Crippen LogP contribution is 2.28. The lowest BCUT2D eigenvalue weighted by molar-refractivity contribution is 0.0691. The van der Waals surface area contributed by atoms with E-state index in [1.807, 2.05) is 0 Å². The number of hydrogen-bond acceptors (Lipinski definition) is 2. The SMILES string of the molecule is O=C(O)c1cccc(COc2ccc(Br)cc2Cl)c1F. The minimum Gasteiger partial charge on any atom is -0.487 e. The van der Waals surface area contributed by atoms with Gasteiger partial charge in [0.2, 0.25) is 0 Å². The van der Waals surface area contributed by atoms with Crippen LogP contribution in [0, 0.1) is 5.82 Å². The zero-order valence-corrected chi connectivity index (χ0v) is 12.4. The van der Waals surface area contributed by atoms with Gasteiger partial charge in [-0.3, -0.25) is 0 Å². The molecule has 0 aliphatic carbocycles. The van der Waals surface area contributed by atoms with Crippen molar-refractivity contribution < 1.29 is 19.0 Å². The van der Waals surface area contributed by atoms with Gasteiger partial charge in [-0.1, -0.05) is 39.7 Å². The van der Waals surface area contributed by atoms with Gasteiger partial charge < -0.3 is 9.84 Å². The molecule has 2 aromatic rings. The van der Waals surface area contributed by atoms with Crippen molar-refractivity contribution in [1.82, 2.24) is 0 Å². The monoisotopic (exact) mass is 358 g/mol. The van der Waals surface area contributed by atoms with Gasteiger partial charge in [0.25, 0.3) is 0 Å². The molecule has 0 heterocycles. The normalized spacial score (nSPS) is 10.3. The van der Waals surface area contributed by atoms with Gasteiger partial charge in [0.1, 0.15) is 18.2 Å². The minimum atomic E-state index is -1.31. The van der Waals surface area contributed by atoms with Crippen LogP contribution in [-0.4, -0.2) is 11.1 Å². The number of benzene rings is 2. The highest BCUT2D eigenvalue weighted by molar-refractivity contribution is 9.10. The summed E-state index contributed by atoms with van der Waals surface area (Å²) in [4.78, 5) is 10.8. The Morgan fingerprint density at radius 1 is 1.35 bits per heavy atom. The van der Waals surface area contributed by atoms with Gasteiger partial charge in [-0.05, 0) is 24.3 Å². The first-order valence-corrected chi connectivity index (χ1v) is 6.74. The summed E-state index contributed by atoms with van der Waals surface area (Å²) in [5.41, 5.74) is -0.225. The molecule has 0 saturated carbocycles. The number of halogens is 3. The van der Waals surface area contributed by atoms with E-state index in [2.05, 4.69) is 15.9 Å². The Morgan fingerprint density at radius 3 is 2.75 bits per heavy atom. The largest absolute Gasteiger partial charge is 0.487 e. The van der Waals surface area contributed by atoms with E-state index in [1.165, 1.54) is 18.2 Å². The Hall–Kier alpha value is -1.59. The van der Waals surface area contributed by atoms with E-state index in [-0.39, 0.29) is 17.7 Å². The zero-order valence-electron chi connectivity index (χ0n) is 10.1. The number of ether oxygens (including phenoxy) is 1. The molecular formula is C14H9BrClFO3.